The fraction of sp³-hybridized carbons (Fsp3) is 0.250. The first-order valence-electron chi connectivity index (χ1n) is 6.90. The van der Waals surface area contributed by atoms with Gasteiger partial charge in [-0.05, 0) is 22.8 Å². The van der Waals surface area contributed by atoms with E-state index >= 15 is 0 Å². The van der Waals surface area contributed by atoms with Crippen LogP contribution >= 0.6 is 0 Å². The van der Waals surface area contributed by atoms with Crippen molar-refractivity contribution in [1.82, 2.24) is 10.6 Å². The molecule has 110 valence electrons. The average molecular weight is 285 g/mol. The summed E-state index contributed by atoms with van der Waals surface area (Å²) in [5.74, 6) is -0.544. The summed E-state index contributed by atoms with van der Waals surface area (Å²) in [6, 6.07) is 14.4. The standard InChI is InChI=1S/C16H19N3O2/c17-10-15(20)19-11-16(21)18-8-7-12-5-6-13-3-1-2-4-14(13)9-12/h1-6,9H,7-8,10-11,17H2,(H,18,21)(H,19,20). The minimum atomic E-state index is -0.334. The van der Waals surface area contributed by atoms with Gasteiger partial charge in [-0.3, -0.25) is 9.59 Å². The fourth-order valence-electron chi connectivity index (χ4n) is 2.05. The molecule has 0 aromatic heterocycles. The third-order valence-electron chi connectivity index (χ3n) is 3.18. The summed E-state index contributed by atoms with van der Waals surface area (Å²) in [7, 11) is 0. The number of carbonyl (C=O) groups is 2. The minimum absolute atomic E-state index is 0.0340. The lowest BCUT2D eigenvalue weighted by Crippen LogP contribution is -2.40. The molecule has 0 aliphatic rings. The molecule has 21 heavy (non-hydrogen) atoms. The summed E-state index contributed by atoms with van der Waals surface area (Å²) < 4.78 is 0. The van der Waals surface area contributed by atoms with Crippen LogP contribution in [-0.2, 0) is 16.0 Å². The maximum absolute atomic E-state index is 11.5. The average Bonchev–Trinajstić information content (AvgIpc) is 2.52. The van der Waals surface area contributed by atoms with Gasteiger partial charge < -0.3 is 16.4 Å². The van der Waals surface area contributed by atoms with Crippen LogP contribution in [0.5, 0.6) is 0 Å². The van der Waals surface area contributed by atoms with Gasteiger partial charge in [-0.15, -0.1) is 0 Å². The monoisotopic (exact) mass is 285 g/mol. The molecule has 0 saturated heterocycles. The van der Waals surface area contributed by atoms with Gasteiger partial charge in [-0.1, -0.05) is 42.5 Å². The maximum atomic E-state index is 11.5. The van der Waals surface area contributed by atoms with Gasteiger partial charge in [0, 0.05) is 6.54 Å². The zero-order valence-corrected chi connectivity index (χ0v) is 11.8. The highest BCUT2D eigenvalue weighted by atomic mass is 16.2. The summed E-state index contributed by atoms with van der Waals surface area (Å²) in [6.07, 6.45) is 0.751. The van der Waals surface area contributed by atoms with E-state index in [0.717, 1.165) is 6.42 Å². The van der Waals surface area contributed by atoms with E-state index in [-0.39, 0.29) is 24.9 Å². The van der Waals surface area contributed by atoms with E-state index in [9.17, 15) is 9.59 Å². The van der Waals surface area contributed by atoms with E-state index in [2.05, 4.69) is 41.0 Å². The van der Waals surface area contributed by atoms with Crippen LogP contribution in [0.15, 0.2) is 42.5 Å². The molecular formula is C16H19N3O2. The first-order valence-corrected chi connectivity index (χ1v) is 6.90. The molecule has 0 atom stereocenters. The predicted octanol–water partition coefficient (Wildman–Crippen LogP) is 0.573. The highest BCUT2D eigenvalue weighted by Crippen LogP contribution is 2.15. The number of amides is 2. The second-order valence-corrected chi connectivity index (χ2v) is 4.76. The van der Waals surface area contributed by atoms with Gasteiger partial charge in [0.15, 0.2) is 0 Å². The molecule has 0 radical (unpaired) electrons. The molecular weight excluding hydrogens is 266 g/mol. The molecule has 0 bridgehead atoms. The Kier molecular flexibility index (Phi) is 5.29. The van der Waals surface area contributed by atoms with Crippen LogP contribution in [0.1, 0.15) is 5.56 Å². The van der Waals surface area contributed by atoms with Crippen molar-refractivity contribution in [2.75, 3.05) is 19.6 Å². The van der Waals surface area contributed by atoms with Crippen molar-refractivity contribution in [2.45, 2.75) is 6.42 Å². The Bertz CT molecular complexity index is 640. The van der Waals surface area contributed by atoms with Crippen LogP contribution in [0.4, 0.5) is 0 Å². The quantitative estimate of drug-likeness (QED) is 0.725. The summed E-state index contributed by atoms with van der Waals surface area (Å²) in [5, 5.41) is 7.59. The normalized spacial score (nSPS) is 10.3. The molecule has 5 heteroatoms. The molecule has 0 spiro atoms. The molecule has 2 aromatic carbocycles. The van der Waals surface area contributed by atoms with Gasteiger partial charge in [0.05, 0.1) is 13.1 Å². The number of rotatable bonds is 6. The van der Waals surface area contributed by atoms with Crippen molar-refractivity contribution >= 4 is 22.6 Å². The van der Waals surface area contributed by atoms with Crippen molar-refractivity contribution in [2.24, 2.45) is 5.73 Å². The molecule has 5 nitrogen and oxygen atoms in total. The smallest absolute Gasteiger partial charge is 0.239 e. The summed E-state index contributed by atoms with van der Waals surface area (Å²) in [4.78, 5) is 22.4. The molecule has 2 rings (SSSR count). The second-order valence-electron chi connectivity index (χ2n) is 4.76. The lowest BCUT2D eigenvalue weighted by atomic mass is 10.1. The van der Waals surface area contributed by atoms with Crippen molar-refractivity contribution in [3.8, 4) is 0 Å². The molecule has 2 amide bonds. The molecule has 0 saturated carbocycles. The SMILES string of the molecule is NCC(=O)NCC(=O)NCCc1ccc2ccccc2c1. The van der Waals surface area contributed by atoms with Gasteiger partial charge in [-0.25, -0.2) is 0 Å². The number of hydrogen-bond acceptors (Lipinski definition) is 3. The lowest BCUT2D eigenvalue weighted by Gasteiger charge is -2.07. The van der Waals surface area contributed by atoms with Gasteiger partial charge in [0.1, 0.15) is 0 Å². The molecule has 0 aliphatic heterocycles. The highest BCUT2D eigenvalue weighted by molar-refractivity contribution is 5.85. The summed E-state index contributed by atoms with van der Waals surface area (Å²) in [6.45, 7) is 0.397. The van der Waals surface area contributed by atoms with E-state index in [1.54, 1.807) is 0 Å². The molecule has 4 N–H and O–H groups in total. The van der Waals surface area contributed by atoms with Crippen LogP contribution < -0.4 is 16.4 Å². The largest absolute Gasteiger partial charge is 0.354 e. The van der Waals surface area contributed by atoms with Gasteiger partial charge in [-0.2, -0.15) is 0 Å². The molecule has 0 heterocycles. The maximum Gasteiger partial charge on any atom is 0.239 e. The Hall–Kier alpha value is -2.40. The number of benzene rings is 2. The van der Waals surface area contributed by atoms with E-state index in [0.29, 0.717) is 6.54 Å². The summed E-state index contributed by atoms with van der Waals surface area (Å²) in [5.41, 5.74) is 6.30. The van der Waals surface area contributed by atoms with Crippen LogP contribution in [0, 0.1) is 0 Å². The number of nitrogens with one attached hydrogen (secondary N) is 2. The van der Waals surface area contributed by atoms with E-state index < -0.39 is 0 Å². The van der Waals surface area contributed by atoms with Crippen LogP contribution in [0.2, 0.25) is 0 Å². The van der Waals surface area contributed by atoms with Crippen molar-refractivity contribution < 1.29 is 9.59 Å². The molecule has 2 aromatic rings. The third-order valence-corrected chi connectivity index (χ3v) is 3.18. The predicted molar refractivity (Wildman–Crippen MR) is 82.7 cm³/mol. The van der Waals surface area contributed by atoms with E-state index in [1.165, 1.54) is 16.3 Å². The topological polar surface area (TPSA) is 84.2 Å². The lowest BCUT2D eigenvalue weighted by molar-refractivity contribution is -0.125. The molecule has 0 fully saturated rings. The Morgan fingerprint density at radius 3 is 2.48 bits per heavy atom. The highest BCUT2D eigenvalue weighted by Gasteiger charge is 2.03. The minimum Gasteiger partial charge on any atom is -0.354 e. The van der Waals surface area contributed by atoms with Crippen molar-refractivity contribution in [1.29, 1.82) is 0 Å². The van der Waals surface area contributed by atoms with Crippen LogP contribution in [0.25, 0.3) is 10.8 Å². The Morgan fingerprint density at radius 1 is 0.952 bits per heavy atom. The number of carbonyl (C=O) groups excluding carboxylic acids is 2. The second kappa shape index (κ2) is 7.40. The number of fused-ring (bicyclic) bond motifs is 1. The zero-order chi connectivity index (χ0) is 15.1. The van der Waals surface area contributed by atoms with E-state index in [1.807, 2.05) is 12.1 Å². The third kappa shape index (κ3) is 4.57. The van der Waals surface area contributed by atoms with Crippen LogP contribution in [0.3, 0.4) is 0 Å². The first-order chi connectivity index (χ1) is 10.2. The Labute approximate surface area is 123 Å². The number of hydrogen-bond donors (Lipinski definition) is 3. The van der Waals surface area contributed by atoms with Crippen LogP contribution in [-0.4, -0.2) is 31.4 Å². The first kappa shape index (κ1) is 15.0. The van der Waals surface area contributed by atoms with Gasteiger partial charge in [0.2, 0.25) is 11.8 Å². The Balaban J connectivity index is 1.79. The van der Waals surface area contributed by atoms with Gasteiger partial charge in [0.25, 0.3) is 0 Å². The summed E-state index contributed by atoms with van der Waals surface area (Å²) >= 11 is 0. The molecule has 0 aliphatic carbocycles. The number of nitrogens with two attached hydrogens (primary N) is 1. The Morgan fingerprint density at radius 2 is 1.71 bits per heavy atom. The molecule has 0 unspecified atom stereocenters. The fourth-order valence-corrected chi connectivity index (χ4v) is 2.05. The van der Waals surface area contributed by atoms with Gasteiger partial charge >= 0.3 is 0 Å². The van der Waals surface area contributed by atoms with E-state index in [4.69, 9.17) is 5.73 Å². The zero-order valence-electron chi connectivity index (χ0n) is 11.8. The van der Waals surface area contributed by atoms with Crippen molar-refractivity contribution in [3.05, 3.63) is 48.0 Å². The van der Waals surface area contributed by atoms with Crippen molar-refractivity contribution in [3.63, 3.8) is 0 Å².